The lowest BCUT2D eigenvalue weighted by Gasteiger charge is -2.33. The van der Waals surface area contributed by atoms with Gasteiger partial charge < -0.3 is 4.90 Å². The lowest BCUT2D eigenvalue weighted by atomic mass is 9.96. The number of hydrogen-bond donors (Lipinski definition) is 1. The number of nitrogens with zero attached hydrogens (tertiary/aromatic N) is 3. The Bertz CT molecular complexity index is 929. The van der Waals surface area contributed by atoms with E-state index in [2.05, 4.69) is 10.1 Å². The Hall–Kier alpha value is -2.32. The molecule has 1 amide bonds. The van der Waals surface area contributed by atoms with Gasteiger partial charge in [-0.25, -0.2) is 4.98 Å². The standard InChI is InChI=1S/C18H23F3N4O2/c1-10-13(11(2)22-16-15(10)17(27)23-24(16)3)6-7-14(26)25-8-4-5-12(9-25)18(19,20)21/h12H,4-9H2,1-3H3,(H,23,27). The van der Waals surface area contributed by atoms with Crippen molar-refractivity contribution in [3.05, 3.63) is 27.2 Å². The fraction of sp³-hybridized carbons (Fsp3) is 0.611. The smallest absolute Gasteiger partial charge is 0.342 e. The number of likely N-dealkylation sites (tertiary alicyclic amines) is 1. The molecule has 148 valence electrons. The largest absolute Gasteiger partial charge is 0.393 e. The van der Waals surface area contributed by atoms with Crippen molar-refractivity contribution in [2.45, 2.75) is 45.7 Å². The summed E-state index contributed by atoms with van der Waals surface area (Å²) in [6.45, 7) is 3.71. The van der Waals surface area contributed by atoms with Gasteiger partial charge in [-0.2, -0.15) is 13.2 Å². The molecule has 1 saturated heterocycles. The number of H-pyrrole nitrogens is 1. The summed E-state index contributed by atoms with van der Waals surface area (Å²) >= 11 is 0. The van der Waals surface area contributed by atoms with Crippen molar-refractivity contribution in [3.8, 4) is 0 Å². The van der Waals surface area contributed by atoms with Crippen molar-refractivity contribution < 1.29 is 18.0 Å². The van der Waals surface area contributed by atoms with Gasteiger partial charge in [0.25, 0.3) is 5.56 Å². The Labute approximate surface area is 154 Å². The lowest BCUT2D eigenvalue weighted by molar-refractivity contribution is -0.188. The minimum atomic E-state index is -4.27. The highest BCUT2D eigenvalue weighted by atomic mass is 19.4. The first-order valence-electron chi connectivity index (χ1n) is 8.99. The van der Waals surface area contributed by atoms with Crippen LogP contribution in [0.25, 0.3) is 11.0 Å². The molecule has 1 N–H and O–H groups in total. The number of rotatable bonds is 3. The third-order valence-corrected chi connectivity index (χ3v) is 5.40. The Balaban J connectivity index is 1.76. The van der Waals surface area contributed by atoms with Crippen molar-refractivity contribution in [2.24, 2.45) is 13.0 Å². The number of aromatic nitrogens is 3. The number of aromatic amines is 1. The number of carbonyl (C=O) groups excluding carboxylic acids is 1. The zero-order valence-electron chi connectivity index (χ0n) is 15.6. The Morgan fingerprint density at radius 2 is 2.04 bits per heavy atom. The normalized spacial score (nSPS) is 18.3. The summed E-state index contributed by atoms with van der Waals surface area (Å²) in [5, 5.41) is 3.15. The van der Waals surface area contributed by atoms with Crippen LogP contribution in [-0.2, 0) is 18.3 Å². The van der Waals surface area contributed by atoms with Gasteiger partial charge in [-0.05, 0) is 44.2 Å². The van der Waals surface area contributed by atoms with Crippen LogP contribution >= 0.6 is 0 Å². The molecule has 0 saturated carbocycles. The van der Waals surface area contributed by atoms with Gasteiger partial charge in [0.1, 0.15) is 0 Å². The van der Waals surface area contributed by atoms with Crippen LogP contribution in [0.5, 0.6) is 0 Å². The van der Waals surface area contributed by atoms with E-state index >= 15 is 0 Å². The molecule has 0 radical (unpaired) electrons. The van der Waals surface area contributed by atoms with Crippen LogP contribution in [0.4, 0.5) is 13.2 Å². The first kappa shape index (κ1) is 19.4. The van der Waals surface area contributed by atoms with Gasteiger partial charge in [-0.1, -0.05) is 0 Å². The molecule has 0 spiro atoms. The molecule has 1 atom stereocenters. The molecule has 0 bridgehead atoms. The maximum absolute atomic E-state index is 12.9. The average molecular weight is 384 g/mol. The molecule has 1 fully saturated rings. The molecule has 2 aromatic rings. The highest BCUT2D eigenvalue weighted by Gasteiger charge is 2.42. The third-order valence-electron chi connectivity index (χ3n) is 5.40. The first-order valence-corrected chi connectivity index (χ1v) is 8.99. The summed E-state index contributed by atoms with van der Waals surface area (Å²) in [6.07, 6.45) is -3.38. The molecule has 1 unspecified atom stereocenters. The average Bonchev–Trinajstić information content (AvgIpc) is 2.87. The number of fused-ring (bicyclic) bond motifs is 1. The fourth-order valence-electron chi connectivity index (χ4n) is 3.88. The molecule has 1 aliphatic heterocycles. The molecule has 27 heavy (non-hydrogen) atoms. The number of amides is 1. The number of halogens is 3. The van der Waals surface area contributed by atoms with Crippen LogP contribution < -0.4 is 5.56 Å². The van der Waals surface area contributed by atoms with E-state index < -0.39 is 12.1 Å². The zero-order chi connectivity index (χ0) is 19.9. The molecule has 0 aliphatic carbocycles. The summed E-state index contributed by atoms with van der Waals surface area (Å²) < 4.78 is 40.4. The quantitative estimate of drug-likeness (QED) is 0.884. The van der Waals surface area contributed by atoms with Crippen molar-refractivity contribution in [1.82, 2.24) is 19.7 Å². The van der Waals surface area contributed by atoms with Crippen molar-refractivity contribution in [3.63, 3.8) is 0 Å². The van der Waals surface area contributed by atoms with Crippen molar-refractivity contribution in [2.75, 3.05) is 13.1 Å². The molecular formula is C18H23F3N4O2. The lowest BCUT2D eigenvalue weighted by Crippen LogP contribution is -2.44. The molecule has 3 heterocycles. The fourth-order valence-corrected chi connectivity index (χ4v) is 3.88. The van der Waals surface area contributed by atoms with E-state index in [0.29, 0.717) is 36.1 Å². The van der Waals surface area contributed by atoms with Crippen LogP contribution in [0.15, 0.2) is 4.79 Å². The van der Waals surface area contributed by atoms with Gasteiger partial charge in [0.15, 0.2) is 5.65 Å². The molecule has 6 nitrogen and oxygen atoms in total. The summed E-state index contributed by atoms with van der Waals surface area (Å²) in [7, 11) is 1.70. The van der Waals surface area contributed by atoms with E-state index in [9.17, 15) is 22.8 Å². The predicted molar refractivity (Wildman–Crippen MR) is 94.5 cm³/mol. The molecule has 1 aliphatic rings. The molecular weight excluding hydrogens is 361 g/mol. The maximum atomic E-state index is 12.9. The summed E-state index contributed by atoms with van der Waals surface area (Å²) in [6, 6.07) is 0. The minimum absolute atomic E-state index is 0.0723. The molecule has 0 aromatic carbocycles. The van der Waals surface area contributed by atoms with Crippen LogP contribution in [0.2, 0.25) is 0 Å². The van der Waals surface area contributed by atoms with Gasteiger partial charge in [0, 0.05) is 32.3 Å². The predicted octanol–water partition coefficient (Wildman–Crippen LogP) is 2.61. The van der Waals surface area contributed by atoms with Crippen LogP contribution in [0.1, 0.15) is 36.1 Å². The number of pyridine rings is 1. The van der Waals surface area contributed by atoms with E-state index in [1.54, 1.807) is 11.7 Å². The second-order valence-electron chi connectivity index (χ2n) is 7.22. The summed E-state index contributed by atoms with van der Waals surface area (Å²) in [5.41, 5.74) is 2.59. The first-order chi connectivity index (χ1) is 12.6. The number of carbonyl (C=O) groups is 1. The number of alkyl halides is 3. The van der Waals surface area contributed by atoms with E-state index in [0.717, 1.165) is 11.1 Å². The van der Waals surface area contributed by atoms with Gasteiger partial charge in [-0.3, -0.25) is 19.4 Å². The van der Waals surface area contributed by atoms with E-state index in [4.69, 9.17) is 0 Å². The van der Waals surface area contributed by atoms with Gasteiger partial charge in [-0.15, -0.1) is 0 Å². The number of aryl methyl sites for hydroxylation is 3. The van der Waals surface area contributed by atoms with Crippen LogP contribution in [0.3, 0.4) is 0 Å². The third kappa shape index (κ3) is 3.72. The highest BCUT2D eigenvalue weighted by Crippen LogP contribution is 2.33. The number of nitrogens with one attached hydrogen (secondary N) is 1. The highest BCUT2D eigenvalue weighted by molar-refractivity contribution is 5.81. The number of hydrogen-bond acceptors (Lipinski definition) is 3. The Kier molecular flexibility index (Phi) is 5.05. The zero-order valence-corrected chi connectivity index (χ0v) is 15.6. The van der Waals surface area contributed by atoms with Crippen molar-refractivity contribution >= 4 is 16.9 Å². The molecule has 9 heteroatoms. The van der Waals surface area contributed by atoms with Crippen LogP contribution in [-0.4, -0.2) is 44.8 Å². The van der Waals surface area contributed by atoms with Gasteiger partial charge in [0.2, 0.25) is 5.91 Å². The van der Waals surface area contributed by atoms with Crippen molar-refractivity contribution in [1.29, 1.82) is 0 Å². The SMILES string of the molecule is Cc1nc2c(c(C)c1CCC(=O)N1CCCC(C(F)(F)F)C1)c(=O)[nH]n2C. The summed E-state index contributed by atoms with van der Waals surface area (Å²) in [4.78, 5) is 30.3. The Morgan fingerprint density at radius 3 is 2.70 bits per heavy atom. The van der Waals surface area contributed by atoms with Gasteiger partial charge >= 0.3 is 6.18 Å². The monoisotopic (exact) mass is 384 g/mol. The van der Waals surface area contributed by atoms with E-state index in [1.165, 1.54) is 4.90 Å². The molecule has 2 aromatic heterocycles. The second kappa shape index (κ2) is 7.01. The minimum Gasteiger partial charge on any atom is -0.342 e. The van der Waals surface area contributed by atoms with E-state index in [1.807, 2.05) is 13.8 Å². The van der Waals surface area contributed by atoms with Crippen LogP contribution in [0, 0.1) is 19.8 Å². The summed E-state index contributed by atoms with van der Waals surface area (Å²) in [5.74, 6) is -1.73. The topological polar surface area (TPSA) is 71.0 Å². The Morgan fingerprint density at radius 1 is 1.33 bits per heavy atom. The number of piperidine rings is 1. The van der Waals surface area contributed by atoms with E-state index in [-0.39, 0.29) is 30.9 Å². The second-order valence-corrected chi connectivity index (χ2v) is 7.22. The molecule has 3 rings (SSSR count). The van der Waals surface area contributed by atoms with Gasteiger partial charge in [0.05, 0.1) is 11.3 Å². The maximum Gasteiger partial charge on any atom is 0.393 e.